The Morgan fingerprint density at radius 3 is 0.879 bits per heavy atom. The van der Waals surface area contributed by atoms with E-state index in [9.17, 15) is 0 Å². The summed E-state index contributed by atoms with van der Waals surface area (Å²) in [6, 6.07) is 0. The molecule has 0 unspecified atom stereocenters. The van der Waals surface area contributed by atoms with Gasteiger partial charge in [-0.05, 0) is 24.3 Å². The van der Waals surface area contributed by atoms with Gasteiger partial charge in [-0.25, -0.2) is 0 Å². The van der Waals surface area contributed by atoms with Crippen LogP contribution < -0.4 is 0 Å². The van der Waals surface area contributed by atoms with Gasteiger partial charge in [-0.15, -0.1) is 35.0 Å². The molecule has 0 radical (unpaired) electrons. The fourth-order valence-electron chi connectivity index (χ4n) is 4.28. The van der Waals surface area contributed by atoms with Crippen molar-refractivity contribution in [2.24, 2.45) is 0 Å². The van der Waals surface area contributed by atoms with Gasteiger partial charge in [-0.3, -0.25) is 0 Å². The molecule has 0 aromatic carbocycles. The maximum Gasteiger partial charge on any atom is 0.106 e. The molecule has 0 bridgehead atoms. The lowest BCUT2D eigenvalue weighted by molar-refractivity contribution is 0.548. The van der Waals surface area contributed by atoms with E-state index in [0.29, 0.717) is 0 Å². The number of thiol groups is 1. The van der Waals surface area contributed by atoms with Crippen molar-refractivity contribution in [2.45, 2.75) is 168 Å². The van der Waals surface area contributed by atoms with Crippen molar-refractivity contribution < 1.29 is 0 Å². The average Bonchev–Trinajstić information content (AvgIpc) is 2.80. The highest BCUT2D eigenvalue weighted by Crippen LogP contribution is 2.73. The summed E-state index contributed by atoms with van der Waals surface area (Å²) < 4.78 is -1.50. The third-order valence-electron chi connectivity index (χ3n) is 6.50. The third-order valence-corrected chi connectivity index (χ3v) is 17.0. The molecule has 0 aromatic rings. The van der Waals surface area contributed by atoms with Crippen LogP contribution in [-0.4, -0.2) is 11.5 Å². The van der Waals surface area contributed by atoms with Gasteiger partial charge in [0.05, 0.1) is 0 Å². The van der Waals surface area contributed by atoms with Crippen molar-refractivity contribution in [1.82, 2.24) is 0 Å². The van der Waals surface area contributed by atoms with Gasteiger partial charge in [0, 0.05) is 0 Å². The summed E-state index contributed by atoms with van der Waals surface area (Å²) in [7, 11) is 0. The van der Waals surface area contributed by atoms with Crippen molar-refractivity contribution in [3.8, 4) is 0 Å². The molecule has 0 spiro atoms. The van der Waals surface area contributed by atoms with Crippen LogP contribution in [0.1, 0.15) is 168 Å². The van der Waals surface area contributed by atoms with Crippen LogP contribution >= 0.6 is 38.7 Å². The molecular formula is C28H59PS4. The first-order valence-corrected chi connectivity index (χ1v) is 21.9. The number of hydrogen-bond acceptors (Lipinski definition) is 3. The second-order valence-electron chi connectivity index (χ2n) is 9.91. The largest absolute Gasteiger partial charge is 0.122 e. The average molecular weight is 555 g/mol. The van der Waals surface area contributed by atoms with Crippen LogP contribution in [0, 0.1) is 0 Å². The van der Waals surface area contributed by atoms with E-state index in [0.717, 1.165) is 0 Å². The van der Waals surface area contributed by atoms with E-state index < -0.39 is 3.64 Å². The summed E-state index contributed by atoms with van der Waals surface area (Å²) in [6.07, 6.45) is 34.1. The third kappa shape index (κ3) is 29.8. The Morgan fingerprint density at radius 2 is 0.636 bits per heavy atom. The molecule has 200 valence electrons. The highest BCUT2D eigenvalue weighted by Gasteiger charge is 2.12. The van der Waals surface area contributed by atoms with Crippen molar-refractivity contribution in [2.75, 3.05) is 11.5 Å². The van der Waals surface area contributed by atoms with Gasteiger partial charge in [-0.2, -0.15) is 0 Å². The lowest BCUT2D eigenvalue weighted by Crippen LogP contribution is -1.84. The Kier molecular flexibility index (Phi) is 29.7. The lowest BCUT2D eigenvalue weighted by Gasteiger charge is -2.14. The molecular weight excluding hydrogens is 496 g/mol. The van der Waals surface area contributed by atoms with Gasteiger partial charge < -0.3 is 0 Å². The molecule has 0 aliphatic heterocycles. The van der Waals surface area contributed by atoms with E-state index in [1.165, 1.54) is 166 Å². The molecule has 0 atom stereocenters. The fraction of sp³-hybridized carbons (Fsp3) is 1.00. The molecule has 0 aliphatic carbocycles. The van der Waals surface area contributed by atoms with E-state index >= 15 is 0 Å². The van der Waals surface area contributed by atoms with Crippen LogP contribution in [0.5, 0.6) is 0 Å². The lowest BCUT2D eigenvalue weighted by atomic mass is 10.1. The predicted octanol–water partition coefficient (Wildman–Crippen LogP) is 13.0. The molecule has 0 fully saturated rings. The number of unbranched alkanes of at least 4 members (excludes halogenated alkanes) is 22. The number of rotatable bonds is 28. The van der Waals surface area contributed by atoms with Crippen LogP contribution in [0.2, 0.25) is 0 Å². The number of hydrogen-bond donors (Lipinski definition) is 1. The minimum atomic E-state index is -1.50. The molecule has 33 heavy (non-hydrogen) atoms. The molecule has 0 nitrogen and oxygen atoms in total. The summed E-state index contributed by atoms with van der Waals surface area (Å²) in [5.41, 5.74) is 0. The van der Waals surface area contributed by atoms with Crippen LogP contribution in [0.15, 0.2) is 0 Å². The first-order valence-electron chi connectivity index (χ1n) is 14.7. The van der Waals surface area contributed by atoms with E-state index in [2.05, 4.69) is 13.8 Å². The molecule has 0 aliphatic rings. The zero-order valence-corrected chi connectivity index (χ0v) is 26.7. The summed E-state index contributed by atoms with van der Waals surface area (Å²) >= 11 is 14.7. The van der Waals surface area contributed by atoms with Gasteiger partial charge in [0.2, 0.25) is 0 Å². The molecule has 0 amide bonds. The zero-order chi connectivity index (χ0) is 24.3. The Balaban J connectivity index is 3.29. The first kappa shape index (κ1) is 34.7. The topological polar surface area (TPSA) is 0 Å². The monoisotopic (exact) mass is 554 g/mol. The second kappa shape index (κ2) is 28.3. The standard InChI is InChI=1S/C28H59PS4/c1-3-5-7-9-11-13-15-17-19-21-23-25-27-32-29(30,31)33-28-26-24-22-20-18-16-14-12-10-8-6-4-2/h3-28H2,1-2H3,(H,30,31). The van der Waals surface area contributed by atoms with Crippen molar-refractivity contribution in [3.63, 3.8) is 0 Å². The van der Waals surface area contributed by atoms with Gasteiger partial charge in [0.15, 0.2) is 0 Å². The van der Waals surface area contributed by atoms with E-state index in [1.807, 2.05) is 22.8 Å². The summed E-state index contributed by atoms with van der Waals surface area (Å²) in [4.78, 5) is 0. The Labute approximate surface area is 228 Å². The minimum Gasteiger partial charge on any atom is -0.122 e. The van der Waals surface area contributed by atoms with Crippen molar-refractivity contribution in [3.05, 3.63) is 0 Å². The van der Waals surface area contributed by atoms with Crippen molar-refractivity contribution in [1.29, 1.82) is 0 Å². The molecule has 0 saturated heterocycles. The van der Waals surface area contributed by atoms with Gasteiger partial charge in [-0.1, -0.05) is 167 Å². The van der Waals surface area contributed by atoms with E-state index in [1.54, 1.807) is 0 Å². The van der Waals surface area contributed by atoms with Crippen LogP contribution in [0.3, 0.4) is 0 Å². The Bertz CT molecular complexity index is 383. The maximum absolute atomic E-state index is 5.82. The van der Waals surface area contributed by atoms with E-state index in [4.69, 9.17) is 24.1 Å². The molecule has 0 saturated carbocycles. The van der Waals surface area contributed by atoms with Crippen LogP contribution in [-0.2, 0) is 11.8 Å². The van der Waals surface area contributed by atoms with Crippen molar-refractivity contribution >= 4 is 50.5 Å². The fourth-order valence-corrected chi connectivity index (χ4v) is 12.7. The van der Waals surface area contributed by atoms with Gasteiger partial charge >= 0.3 is 0 Å². The highest BCUT2D eigenvalue weighted by atomic mass is 33.5. The normalized spacial score (nSPS) is 12.0. The van der Waals surface area contributed by atoms with E-state index in [-0.39, 0.29) is 0 Å². The van der Waals surface area contributed by atoms with Crippen LogP contribution in [0.4, 0.5) is 0 Å². The zero-order valence-electron chi connectivity index (χ0n) is 22.5. The Morgan fingerprint density at radius 1 is 0.424 bits per heavy atom. The van der Waals surface area contributed by atoms with Gasteiger partial charge in [0.1, 0.15) is 3.64 Å². The summed E-state index contributed by atoms with van der Waals surface area (Å²) in [5.74, 6) is 2.45. The Hall–Kier alpha value is 1.70. The molecule has 0 N–H and O–H groups in total. The van der Waals surface area contributed by atoms with Gasteiger partial charge in [0.25, 0.3) is 0 Å². The molecule has 5 heteroatoms. The molecule has 0 heterocycles. The maximum atomic E-state index is 5.82. The quantitative estimate of drug-likeness (QED) is 0.0580. The predicted molar refractivity (Wildman–Crippen MR) is 170 cm³/mol. The SMILES string of the molecule is CCCCCCCCCCCCCCSP(=S)(S)SCCCCCCCCCCCCCC. The minimum absolute atomic E-state index is 1.23. The molecule has 0 rings (SSSR count). The van der Waals surface area contributed by atoms with Crippen LogP contribution in [0.25, 0.3) is 0 Å². The highest BCUT2D eigenvalue weighted by molar-refractivity contribution is 9.20. The molecule has 0 aromatic heterocycles. The first-order chi connectivity index (χ1) is 16.1. The summed E-state index contributed by atoms with van der Waals surface area (Å²) in [6.45, 7) is 4.59. The second-order valence-corrected chi connectivity index (χ2v) is 25.0. The smallest absolute Gasteiger partial charge is 0.106 e. The summed E-state index contributed by atoms with van der Waals surface area (Å²) in [5, 5.41) is 0.